The molecule has 0 radical (unpaired) electrons. The number of nitrogens with zero attached hydrogens (tertiary/aromatic N) is 2. The predicted molar refractivity (Wildman–Crippen MR) is 46.7 cm³/mol. The van der Waals surface area contributed by atoms with Crippen LogP contribution in [-0.2, 0) is 13.0 Å². The average Bonchev–Trinajstić information content (AvgIpc) is 2.21. The first kappa shape index (κ1) is 10.6. The maximum atomic E-state index is 6.25. The van der Waals surface area contributed by atoms with Crippen molar-refractivity contribution < 1.29 is 4.57 Å². The van der Waals surface area contributed by atoms with Gasteiger partial charge in [-0.2, -0.15) is 0 Å². The standard InChI is InChI=1S/C9H14N.CN/c1-3-9-6-5-7-10(4-2)8-9;1-2/h5-8H,3-4H2,1-2H3;/q+1;-1. The van der Waals surface area contributed by atoms with Crippen LogP contribution in [0, 0.1) is 11.8 Å². The fourth-order valence-corrected chi connectivity index (χ4v) is 0.982. The number of aryl methyl sites for hydroxylation is 2. The van der Waals surface area contributed by atoms with Crippen LogP contribution >= 0.6 is 0 Å². The minimum Gasteiger partial charge on any atom is -0.512 e. The Morgan fingerprint density at radius 1 is 1.42 bits per heavy atom. The van der Waals surface area contributed by atoms with Gasteiger partial charge >= 0.3 is 0 Å². The summed E-state index contributed by atoms with van der Waals surface area (Å²) in [6, 6.07) is 4.26. The third-order valence-electron chi connectivity index (χ3n) is 1.69. The molecule has 0 aromatic carbocycles. The van der Waals surface area contributed by atoms with Crippen LogP contribution in [0.3, 0.4) is 0 Å². The number of rotatable bonds is 2. The Kier molecular flexibility index (Phi) is 5.64. The molecule has 0 saturated heterocycles. The van der Waals surface area contributed by atoms with Gasteiger partial charge in [0.1, 0.15) is 6.54 Å². The third-order valence-corrected chi connectivity index (χ3v) is 1.69. The van der Waals surface area contributed by atoms with E-state index in [0.717, 1.165) is 13.0 Å². The third kappa shape index (κ3) is 3.16. The maximum Gasteiger partial charge on any atom is 0.171 e. The average molecular weight is 162 g/mol. The summed E-state index contributed by atoms with van der Waals surface area (Å²) in [5.41, 5.74) is 1.41. The first-order valence-electron chi connectivity index (χ1n) is 4.07. The lowest BCUT2D eigenvalue weighted by Gasteiger charge is -1.93. The molecule has 0 N–H and O–H groups in total. The van der Waals surface area contributed by atoms with Crippen molar-refractivity contribution in [3.63, 3.8) is 0 Å². The molecule has 0 unspecified atom stereocenters. The van der Waals surface area contributed by atoms with Crippen molar-refractivity contribution in [2.24, 2.45) is 0 Å². The van der Waals surface area contributed by atoms with E-state index in [1.807, 2.05) is 0 Å². The van der Waals surface area contributed by atoms with Crippen molar-refractivity contribution in [3.05, 3.63) is 36.7 Å². The van der Waals surface area contributed by atoms with Crippen LogP contribution in [-0.4, -0.2) is 0 Å². The van der Waals surface area contributed by atoms with E-state index in [4.69, 9.17) is 11.8 Å². The summed E-state index contributed by atoms with van der Waals surface area (Å²) in [4.78, 5) is 0. The molecule has 0 aliphatic heterocycles. The summed E-state index contributed by atoms with van der Waals surface area (Å²) < 4.78 is 2.19. The Morgan fingerprint density at radius 3 is 2.58 bits per heavy atom. The fourth-order valence-electron chi connectivity index (χ4n) is 0.982. The molecule has 1 aromatic heterocycles. The van der Waals surface area contributed by atoms with Crippen LogP contribution in [0.4, 0.5) is 0 Å². The Bertz CT molecular complexity index is 221. The highest BCUT2D eigenvalue weighted by Crippen LogP contribution is 1.93. The Morgan fingerprint density at radius 2 is 2.08 bits per heavy atom. The topological polar surface area (TPSA) is 27.7 Å². The largest absolute Gasteiger partial charge is 0.512 e. The van der Waals surface area contributed by atoms with Gasteiger partial charge in [-0.15, -0.1) is 0 Å². The van der Waals surface area contributed by atoms with Gasteiger partial charge in [0.15, 0.2) is 12.4 Å². The molecule has 0 saturated carbocycles. The van der Waals surface area contributed by atoms with E-state index in [-0.39, 0.29) is 0 Å². The van der Waals surface area contributed by atoms with Gasteiger partial charge < -0.3 is 11.8 Å². The predicted octanol–water partition coefficient (Wildman–Crippen LogP) is 1.65. The highest BCUT2D eigenvalue weighted by molar-refractivity contribution is 5.04. The zero-order valence-electron chi connectivity index (χ0n) is 7.62. The Labute approximate surface area is 74.1 Å². The van der Waals surface area contributed by atoms with Crippen molar-refractivity contribution in [1.29, 1.82) is 5.26 Å². The van der Waals surface area contributed by atoms with Crippen LogP contribution in [0.25, 0.3) is 0 Å². The Balaban J connectivity index is 0.000000561. The molecule has 1 rings (SSSR count). The number of aromatic nitrogens is 1. The number of hydrogen-bond acceptors (Lipinski definition) is 1. The molecule has 12 heavy (non-hydrogen) atoms. The van der Waals surface area contributed by atoms with Gasteiger partial charge in [-0.1, -0.05) is 6.92 Å². The van der Waals surface area contributed by atoms with Gasteiger partial charge in [0.25, 0.3) is 0 Å². The molecular formula is C10H14N2. The maximum absolute atomic E-state index is 6.25. The van der Waals surface area contributed by atoms with Gasteiger partial charge in [-0.25, -0.2) is 4.57 Å². The van der Waals surface area contributed by atoms with Crippen molar-refractivity contribution >= 4 is 0 Å². The lowest BCUT2D eigenvalue weighted by molar-refractivity contribution is -0.693. The smallest absolute Gasteiger partial charge is 0.171 e. The molecule has 1 heterocycles. The monoisotopic (exact) mass is 162 g/mol. The van der Waals surface area contributed by atoms with E-state index >= 15 is 0 Å². The van der Waals surface area contributed by atoms with Crippen LogP contribution in [0.5, 0.6) is 0 Å². The molecule has 0 spiro atoms. The molecule has 0 aliphatic rings. The summed E-state index contributed by atoms with van der Waals surface area (Å²) in [6.45, 7) is 10.1. The van der Waals surface area contributed by atoms with Gasteiger partial charge in [-0.05, 0) is 19.4 Å². The lowest BCUT2D eigenvalue weighted by atomic mass is 10.2. The van der Waals surface area contributed by atoms with Crippen molar-refractivity contribution in [2.75, 3.05) is 0 Å². The van der Waals surface area contributed by atoms with E-state index < -0.39 is 0 Å². The zero-order valence-corrected chi connectivity index (χ0v) is 7.62. The second-order valence-electron chi connectivity index (χ2n) is 2.40. The fraction of sp³-hybridized carbons (Fsp3) is 0.400. The molecule has 0 atom stereocenters. The highest BCUT2D eigenvalue weighted by Gasteiger charge is 1.95. The quantitative estimate of drug-likeness (QED) is 0.480. The minimum absolute atomic E-state index is 1.06. The highest BCUT2D eigenvalue weighted by atomic mass is 14.9. The van der Waals surface area contributed by atoms with Gasteiger partial charge in [0, 0.05) is 11.6 Å². The number of hydrogen-bond donors (Lipinski definition) is 0. The van der Waals surface area contributed by atoms with E-state index in [1.54, 1.807) is 0 Å². The van der Waals surface area contributed by atoms with E-state index in [0.29, 0.717) is 0 Å². The zero-order chi connectivity index (χ0) is 9.40. The second-order valence-corrected chi connectivity index (χ2v) is 2.40. The lowest BCUT2D eigenvalue weighted by Crippen LogP contribution is -2.31. The molecule has 1 aromatic rings. The van der Waals surface area contributed by atoms with E-state index in [1.165, 1.54) is 5.56 Å². The molecule has 0 bridgehead atoms. The SMILES string of the molecule is CCc1ccc[n+](CC)c1.[C-]#N. The number of pyridine rings is 1. The van der Waals surface area contributed by atoms with Crippen LogP contribution in [0.2, 0.25) is 0 Å². The molecule has 2 heteroatoms. The van der Waals surface area contributed by atoms with Crippen molar-refractivity contribution in [2.45, 2.75) is 26.8 Å². The molecule has 0 fully saturated rings. The summed E-state index contributed by atoms with van der Waals surface area (Å²) in [5, 5.41) is 6.25. The van der Waals surface area contributed by atoms with E-state index in [2.05, 4.69) is 42.9 Å². The minimum atomic E-state index is 1.06. The first-order chi connectivity index (χ1) is 5.86. The molecule has 0 aliphatic carbocycles. The van der Waals surface area contributed by atoms with Gasteiger partial charge in [0.2, 0.25) is 0 Å². The summed E-state index contributed by atoms with van der Waals surface area (Å²) in [5.74, 6) is 0. The molecule has 64 valence electrons. The van der Waals surface area contributed by atoms with Gasteiger partial charge in [0.05, 0.1) is 0 Å². The van der Waals surface area contributed by atoms with Crippen LogP contribution < -0.4 is 4.57 Å². The molecule has 2 nitrogen and oxygen atoms in total. The normalized spacial score (nSPS) is 8.33. The molecule has 0 amide bonds. The van der Waals surface area contributed by atoms with E-state index in [9.17, 15) is 0 Å². The van der Waals surface area contributed by atoms with Crippen LogP contribution in [0.15, 0.2) is 24.5 Å². The summed E-state index contributed by atoms with van der Waals surface area (Å²) >= 11 is 0. The van der Waals surface area contributed by atoms with Crippen molar-refractivity contribution in [3.8, 4) is 0 Å². The van der Waals surface area contributed by atoms with Crippen molar-refractivity contribution in [1.82, 2.24) is 0 Å². The summed E-state index contributed by atoms with van der Waals surface area (Å²) in [7, 11) is 0. The molecular weight excluding hydrogens is 148 g/mol. The van der Waals surface area contributed by atoms with Gasteiger partial charge in [-0.3, -0.25) is 0 Å². The Hall–Kier alpha value is -1.36. The van der Waals surface area contributed by atoms with Crippen LogP contribution in [0.1, 0.15) is 19.4 Å². The first-order valence-corrected chi connectivity index (χ1v) is 4.07. The second kappa shape index (κ2) is 6.36. The summed E-state index contributed by atoms with van der Waals surface area (Å²) in [6.07, 6.45) is 5.42.